The third-order valence-electron chi connectivity index (χ3n) is 4.56. The van der Waals surface area contributed by atoms with Gasteiger partial charge in [0.25, 0.3) is 0 Å². The smallest absolute Gasteiger partial charge is 0.308 e. The normalized spacial score (nSPS) is 16.9. The molecule has 1 saturated carbocycles. The number of hydrogen-bond acceptors (Lipinski definition) is 3. The van der Waals surface area contributed by atoms with Gasteiger partial charge >= 0.3 is 5.97 Å². The van der Waals surface area contributed by atoms with E-state index in [1.807, 2.05) is 12.1 Å². The van der Waals surface area contributed by atoms with Crippen LogP contribution in [0.25, 0.3) is 0 Å². The Kier molecular flexibility index (Phi) is 7.57. The molecule has 22 heavy (non-hydrogen) atoms. The molecule has 0 bridgehead atoms. The molecule has 1 aromatic rings. The zero-order valence-corrected chi connectivity index (χ0v) is 15.6. The van der Waals surface area contributed by atoms with Crippen LogP contribution in [0, 0.1) is 0 Å². The van der Waals surface area contributed by atoms with Crippen molar-refractivity contribution in [2.75, 3.05) is 20.6 Å². The summed E-state index contributed by atoms with van der Waals surface area (Å²) in [5.74, 6) is 0.424. The third kappa shape index (κ3) is 5.10. The van der Waals surface area contributed by atoms with Gasteiger partial charge in [-0.2, -0.15) is 0 Å². The molecule has 124 valence electrons. The number of benzene rings is 1. The fourth-order valence-corrected chi connectivity index (χ4v) is 3.40. The Bertz CT molecular complexity index is 482. The van der Waals surface area contributed by atoms with Crippen molar-refractivity contribution in [2.45, 2.75) is 50.9 Å². The van der Waals surface area contributed by atoms with Crippen LogP contribution in [0.15, 0.2) is 24.3 Å². The van der Waals surface area contributed by atoms with E-state index >= 15 is 0 Å². The number of esters is 1. The Hall–Kier alpha value is -0.870. The van der Waals surface area contributed by atoms with E-state index < -0.39 is 0 Å². The molecule has 4 heteroatoms. The quantitative estimate of drug-likeness (QED) is 0.570. The van der Waals surface area contributed by atoms with Crippen molar-refractivity contribution >= 4 is 23.0 Å². The number of nitrogens with zero attached hydrogens (tertiary/aromatic N) is 1. The molecular weight excluding hydrogens is 342 g/mol. The van der Waals surface area contributed by atoms with E-state index in [4.69, 9.17) is 4.74 Å². The predicted octanol–water partition coefficient (Wildman–Crippen LogP) is 4.34. The fraction of sp³-hybridized carbons (Fsp3) is 0.611. The van der Waals surface area contributed by atoms with Gasteiger partial charge < -0.3 is 9.64 Å². The molecule has 1 fully saturated rings. The molecule has 1 aromatic carbocycles. The Morgan fingerprint density at radius 2 is 1.91 bits per heavy atom. The first-order chi connectivity index (χ1) is 10.0. The van der Waals surface area contributed by atoms with Crippen LogP contribution < -0.4 is 4.74 Å². The van der Waals surface area contributed by atoms with Crippen molar-refractivity contribution < 1.29 is 9.53 Å². The second kappa shape index (κ2) is 8.68. The molecule has 0 unspecified atom stereocenters. The highest BCUT2D eigenvalue weighted by molar-refractivity contribution is 8.93. The van der Waals surface area contributed by atoms with Gasteiger partial charge in [0.15, 0.2) is 0 Å². The van der Waals surface area contributed by atoms with Crippen LogP contribution in [0.4, 0.5) is 0 Å². The summed E-state index contributed by atoms with van der Waals surface area (Å²) in [5, 5.41) is 0. The minimum absolute atomic E-state index is 0. The molecule has 0 saturated heterocycles. The lowest BCUT2D eigenvalue weighted by molar-refractivity contribution is -0.131. The minimum atomic E-state index is -0.252. The number of rotatable bonds is 5. The monoisotopic (exact) mass is 369 g/mol. The van der Waals surface area contributed by atoms with Crippen molar-refractivity contribution in [2.24, 2.45) is 0 Å². The maximum Gasteiger partial charge on any atom is 0.308 e. The molecular formula is C18H28BrNO2. The zero-order valence-electron chi connectivity index (χ0n) is 13.9. The molecule has 2 rings (SSSR count). The Labute approximate surface area is 144 Å². The molecule has 1 aliphatic rings. The molecule has 0 spiro atoms. The van der Waals surface area contributed by atoms with Gasteiger partial charge in [-0.05, 0) is 63.0 Å². The van der Waals surface area contributed by atoms with E-state index in [-0.39, 0.29) is 28.4 Å². The van der Waals surface area contributed by atoms with Gasteiger partial charge in [-0.25, -0.2) is 0 Å². The summed E-state index contributed by atoms with van der Waals surface area (Å²) in [5.41, 5.74) is 1.58. The molecule has 0 aliphatic heterocycles. The van der Waals surface area contributed by atoms with E-state index in [2.05, 4.69) is 31.1 Å². The number of hydrogen-bond donors (Lipinski definition) is 0. The summed E-state index contributed by atoms with van der Waals surface area (Å²) in [6.07, 6.45) is 7.59. The summed E-state index contributed by atoms with van der Waals surface area (Å²) < 4.78 is 5.27. The molecule has 0 aromatic heterocycles. The number of carbonyl (C=O) groups is 1. The molecule has 3 nitrogen and oxygen atoms in total. The van der Waals surface area contributed by atoms with E-state index in [9.17, 15) is 4.79 Å². The lowest BCUT2D eigenvalue weighted by Gasteiger charge is -2.39. The van der Waals surface area contributed by atoms with Crippen LogP contribution in [-0.2, 0) is 10.2 Å². The Balaban J connectivity index is 0.00000242. The summed E-state index contributed by atoms with van der Waals surface area (Å²) in [4.78, 5) is 13.4. The first kappa shape index (κ1) is 19.2. The van der Waals surface area contributed by atoms with Crippen molar-refractivity contribution in [3.63, 3.8) is 0 Å². The number of halogens is 1. The van der Waals surface area contributed by atoms with E-state index in [1.54, 1.807) is 0 Å². The van der Waals surface area contributed by atoms with Crippen LogP contribution in [0.3, 0.4) is 0 Å². The van der Waals surface area contributed by atoms with Crippen molar-refractivity contribution in [3.05, 3.63) is 29.8 Å². The Morgan fingerprint density at radius 3 is 2.50 bits per heavy atom. The van der Waals surface area contributed by atoms with Crippen molar-refractivity contribution in [1.29, 1.82) is 0 Å². The SMILES string of the molecule is Br.CC(=O)Oc1cccc(C2(CCN(C)C)CCCCC2)c1. The highest BCUT2D eigenvalue weighted by Crippen LogP contribution is 2.43. The maximum absolute atomic E-state index is 11.2. The van der Waals surface area contributed by atoms with Gasteiger partial charge in [0.1, 0.15) is 5.75 Å². The van der Waals surface area contributed by atoms with Gasteiger partial charge in [0, 0.05) is 6.92 Å². The molecule has 0 atom stereocenters. The van der Waals surface area contributed by atoms with Crippen LogP contribution in [0.5, 0.6) is 5.75 Å². The van der Waals surface area contributed by atoms with E-state index in [1.165, 1.54) is 51.0 Å². The topological polar surface area (TPSA) is 29.5 Å². The Morgan fingerprint density at radius 1 is 1.23 bits per heavy atom. The molecule has 0 radical (unpaired) electrons. The summed E-state index contributed by atoms with van der Waals surface area (Å²) in [6.45, 7) is 2.55. The summed E-state index contributed by atoms with van der Waals surface area (Å²) >= 11 is 0. The van der Waals surface area contributed by atoms with Crippen molar-refractivity contribution in [3.8, 4) is 5.75 Å². The second-order valence-corrected chi connectivity index (χ2v) is 6.52. The summed E-state index contributed by atoms with van der Waals surface area (Å²) in [6, 6.07) is 8.16. The van der Waals surface area contributed by atoms with Gasteiger partial charge in [-0.3, -0.25) is 4.79 Å². The van der Waals surface area contributed by atoms with Crippen LogP contribution in [-0.4, -0.2) is 31.5 Å². The van der Waals surface area contributed by atoms with Gasteiger partial charge in [-0.15, -0.1) is 17.0 Å². The number of carbonyl (C=O) groups excluding carboxylic acids is 1. The zero-order chi connectivity index (χ0) is 15.3. The van der Waals surface area contributed by atoms with Gasteiger partial charge in [-0.1, -0.05) is 31.4 Å². The highest BCUT2D eigenvalue weighted by Gasteiger charge is 2.33. The minimum Gasteiger partial charge on any atom is -0.427 e. The second-order valence-electron chi connectivity index (χ2n) is 6.52. The maximum atomic E-state index is 11.2. The average Bonchev–Trinajstić information content (AvgIpc) is 2.46. The first-order valence-electron chi connectivity index (χ1n) is 7.96. The molecule has 0 heterocycles. The van der Waals surface area contributed by atoms with Gasteiger partial charge in [0.2, 0.25) is 0 Å². The lowest BCUT2D eigenvalue weighted by atomic mass is 9.67. The van der Waals surface area contributed by atoms with Crippen molar-refractivity contribution in [1.82, 2.24) is 4.90 Å². The van der Waals surface area contributed by atoms with Gasteiger partial charge in [0.05, 0.1) is 0 Å². The molecule has 1 aliphatic carbocycles. The lowest BCUT2D eigenvalue weighted by Crippen LogP contribution is -2.33. The average molecular weight is 370 g/mol. The first-order valence-corrected chi connectivity index (χ1v) is 7.96. The van der Waals surface area contributed by atoms with E-state index in [0.717, 1.165) is 6.54 Å². The third-order valence-corrected chi connectivity index (χ3v) is 4.56. The van der Waals surface area contributed by atoms with Crippen LogP contribution in [0.2, 0.25) is 0 Å². The largest absolute Gasteiger partial charge is 0.427 e. The molecule has 0 amide bonds. The van der Waals surface area contributed by atoms with E-state index in [0.29, 0.717) is 5.75 Å². The van der Waals surface area contributed by atoms with Crippen LogP contribution >= 0.6 is 17.0 Å². The highest BCUT2D eigenvalue weighted by atomic mass is 79.9. The predicted molar refractivity (Wildman–Crippen MR) is 96.0 cm³/mol. The van der Waals surface area contributed by atoms with Crippen LogP contribution in [0.1, 0.15) is 51.0 Å². The summed E-state index contributed by atoms with van der Waals surface area (Å²) in [7, 11) is 4.26. The number of ether oxygens (including phenoxy) is 1. The standard InChI is InChI=1S/C18H27NO2.BrH/c1-15(20)21-17-9-7-8-16(14-17)18(12-13-19(2)3)10-5-4-6-11-18;/h7-9,14H,4-6,10-13H2,1-3H3;1H. The fourth-order valence-electron chi connectivity index (χ4n) is 3.40. The molecule has 0 N–H and O–H groups in total.